The lowest BCUT2D eigenvalue weighted by Gasteiger charge is -2.16. The molecule has 2 rings (SSSR count). The molecular formula is C16H22N2S. The van der Waals surface area contributed by atoms with Gasteiger partial charge in [-0.3, -0.25) is 0 Å². The molecule has 0 atom stereocenters. The second-order valence-electron chi connectivity index (χ2n) is 4.97. The highest BCUT2D eigenvalue weighted by molar-refractivity contribution is 7.12. The number of thiophene rings is 1. The van der Waals surface area contributed by atoms with E-state index in [1.807, 2.05) is 11.3 Å². The highest BCUT2D eigenvalue weighted by Gasteiger charge is 2.07. The maximum absolute atomic E-state index is 5.69. The van der Waals surface area contributed by atoms with Gasteiger partial charge < -0.3 is 10.6 Å². The molecule has 0 radical (unpaired) electrons. The van der Waals surface area contributed by atoms with Gasteiger partial charge in [-0.1, -0.05) is 30.3 Å². The van der Waals surface area contributed by atoms with E-state index < -0.39 is 0 Å². The maximum atomic E-state index is 5.69. The van der Waals surface area contributed by atoms with Crippen LogP contribution in [0.5, 0.6) is 0 Å². The van der Waals surface area contributed by atoms with E-state index in [1.54, 1.807) is 0 Å². The van der Waals surface area contributed by atoms with Crippen LogP contribution in [-0.4, -0.2) is 18.5 Å². The highest BCUT2D eigenvalue weighted by atomic mass is 32.1. The summed E-state index contributed by atoms with van der Waals surface area (Å²) in [5.41, 5.74) is 8.51. The second kappa shape index (κ2) is 6.85. The number of hydrogen-bond donors (Lipinski definition) is 1. The Hall–Kier alpha value is -1.16. The molecule has 1 aromatic carbocycles. The molecule has 0 bridgehead atoms. The topological polar surface area (TPSA) is 29.3 Å². The smallest absolute Gasteiger partial charge is 0.0274 e. The van der Waals surface area contributed by atoms with Gasteiger partial charge in [-0.15, -0.1) is 11.3 Å². The van der Waals surface area contributed by atoms with E-state index in [9.17, 15) is 0 Å². The minimum atomic E-state index is 0.652. The maximum Gasteiger partial charge on any atom is 0.0274 e. The summed E-state index contributed by atoms with van der Waals surface area (Å²) in [7, 11) is 2.18. The molecule has 0 fully saturated rings. The number of likely N-dealkylation sites (N-methyl/N-ethyl adjacent to an activating group) is 1. The van der Waals surface area contributed by atoms with Gasteiger partial charge >= 0.3 is 0 Å². The van der Waals surface area contributed by atoms with E-state index in [4.69, 9.17) is 5.73 Å². The third-order valence-corrected chi connectivity index (χ3v) is 4.45. The van der Waals surface area contributed by atoms with E-state index in [-0.39, 0.29) is 0 Å². The fourth-order valence-corrected chi connectivity index (χ4v) is 3.11. The summed E-state index contributed by atoms with van der Waals surface area (Å²) in [6.07, 6.45) is 1.10. The van der Waals surface area contributed by atoms with Gasteiger partial charge in [0.15, 0.2) is 0 Å². The molecule has 0 unspecified atom stereocenters. The van der Waals surface area contributed by atoms with Gasteiger partial charge in [-0.2, -0.15) is 0 Å². The van der Waals surface area contributed by atoms with Gasteiger partial charge in [0.05, 0.1) is 0 Å². The van der Waals surface area contributed by atoms with Crippen molar-refractivity contribution in [1.82, 2.24) is 4.90 Å². The van der Waals surface area contributed by atoms with Crippen LogP contribution >= 0.6 is 11.3 Å². The van der Waals surface area contributed by atoms with Crippen molar-refractivity contribution in [2.75, 3.05) is 13.6 Å². The molecule has 2 N–H and O–H groups in total. The molecule has 19 heavy (non-hydrogen) atoms. The Morgan fingerprint density at radius 3 is 2.58 bits per heavy atom. The van der Waals surface area contributed by atoms with Crippen LogP contribution in [0, 0.1) is 6.92 Å². The highest BCUT2D eigenvalue weighted by Crippen LogP contribution is 2.22. The Balaban J connectivity index is 1.87. The minimum Gasteiger partial charge on any atom is -0.326 e. The van der Waals surface area contributed by atoms with Crippen LogP contribution in [0.15, 0.2) is 36.4 Å². The van der Waals surface area contributed by atoms with E-state index in [0.29, 0.717) is 6.54 Å². The van der Waals surface area contributed by atoms with Crippen LogP contribution in [-0.2, 0) is 19.5 Å². The summed E-state index contributed by atoms with van der Waals surface area (Å²) in [5.74, 6) is 0. The summed E-state index contributed by atoms with van der Waals surface area (Å²) in [5, 5.41) is 0. The molecule has 2 nitrogen and oxygen atoms in total. The van der Waals surface area contributed by atoms with Crippen LogP contribution in [0.1, 0.15) is 20.9 Å². The van der Waals surface area contributed by atoms with Gasteiger partial charge in [-0.25, -0.2) is 0 Å². The van der Waals surface area contributed by atoms with E-state index in [1.165, 1.54) is 20.9 Å². The summed E-state index contributed by atoms with van der Waals surface area (Å²) in [6, 6.07) is 12.9. The molecule has 2 aromatic rings. The number of nitrogens with two attached hydrogens (primary N) is 1. The first-order valence-electron chi connectivity index (χ1n) is 6.69. The monoisotopic (exact) mass is 274 g/mol. The molecule has 0 spiro atoms. The van der Waals surface area contributed by atoms with Crippen molar-refractivity contribution in [3.63, 3.8) is 0 Å². The van der Waals surface area contributed by atoms with Crippen molar-refractivity contribution >= 4 is 11.3 Å². The zero-order chi connectivity index (χ0) is 13.7. The van der Waals surface area contributed by atoms with Crippen LogP contribution in [0.25, 0.3) is 0 Å². The van der Waals surface area contributed by atoms with Gasteiger partial charge in [0.1, 0.15) is 0 Å². The average Bonchev–Trinajstić information content (AvgIpc) is 2.78. The largest absolute Gasteiger partial charge is 0.326 e. The first kappa shape index (κ1) is 14.3. The number of nitrogens with zero attached hydrogens (tertiary/aromatic N) is 1. The average molecular weight is 274 g/mol. The molecule has 1 aromatic heterocycles. The predicted molar refractivity (Wildman–Crippen MR) is 83.4 cm³/mol. The zero-order valence-corrected chi connectivity index (χ0v) is 12.5. The molecular weight excluding hydrogens is 252 g/mol. The van der Waals surface area contributed by atoms with E-state index in [2.05, 4.69) is 55.3 Å². The molecule has 0 aliphatic heterocycles. The molecule has 102 valence electrons. The first-order chi connectivity index (χ1) is 9.19. The van der Waals surface area contributed by atoms with Crippen LogP contribution in [0.4, 0.5) is 0 Å². The first-order valence-corrected chi connectivity index (χ1v) is 7.51. The Morgan fingerprint density at radius 2 is 1.95 bits per heavy atom. The van der Waals surface area contributed by atoms with Crippen LogP contribution in [0.3, 0.4) is 0 Å². The quantitative estimate of drug-likeness (QED) is 0.876. The third kappa shape index (κ3) is 4.16. The fourth-order valence-electron chi connectivity index (χ4n) is 2.18. The molecule has 3 heteroatoms. The van der Waals surface area contributed by atoms with Crippen molar-refractivity contribution in [3.8, 4) is 0 Å². The lowest BCUT2D eigenvalue weighted by atomic mass is 10.1. The Morgan fingerprint density at radius 1 is 1.21 bits per heavy atom. The van der Waals surface area contributed by atoms with E-state index in [0.717, 1.165) is 19.5 Å². The van der Waals surface area contributed by atoms with Crippen LogP contribution in [0.2, 0.25) is 0 Å². The number of aryl methyl sites for hydroxylation is 1. The van der Waals surface area contributed by atoms with Crippen molar-refractivity contribution in [2.24, 2.45) is 5.73 Å². The number of benzene rings is 1. The lowest BCUT2D eigenvalue weighted by Crippen LogP contribution is -2.20. The van der Waals surface area contributed by atoms with Gasteiger partial charge in [0.2, 0.25) is 0 Å². The van der Waals surface area contributed by atoms with Crippen molar-refractivity contribution < 1.29 is 0 Å². The summed E-state index contributed by atoms with van der Waals surface area (Å²) in [6.45, 7) is 4.93. The number of hydrogen-bond acceptors (Lipinski definition) is 3. The lowest BCUT2D eigenvalue weighted by molar-refractivity contribution is 0.331. The third-order valence-electron chi connectivity index (χ3n) is 3.34. The van der Waals surface area contributed by atoms with Gasteiger partial charge in [0.25, 0.3) is 0 Å². The number of rotatable bonds is 6. The summed E-state index contributed by atoms with van der Waals surface area (Å²) in [4.78, 5) is 5.05. The molecule has 1 heterocycles. The fraction of sp³-hybridized carbons (Fsp3) is 0.375. The van der Waals surface area contributed by atoms with Crippen molar-refractivity contribution in [2.45, 2.75) is 26.4 Å². The van der Waals surface area contributed by atoms with Crippen molar-refractivity contribution in [3.05, 3.63) is 57.3 Å². The SMILES string of the molecule is Cc1sc(CN)cc1CN(C)CCc1ccccc1. The summed E-state index contributed by atoms with van der Waals surface area (Å²) < 4.78 is 0. The normalized spacial score (nSPS) is 11.2. The molecule has 0 aliphatic rings. The summed E-state index contributed by atoms with van der Waals surface area (Å²) >= 11 is 1.82. The molecule has 0 aliphatic carbocycles. The van der Waals surface area contributed by atoms with Crippen molar-refractivity contribution in [1.29, 1.82) is 0 Å². The Labute approximate surface area is 119 Å². The second-order valence-corrected chi connectivity index (χ2v) is 6.31. The molecule has 0 saturated heterocycles. The van der Waals surface area contributed by atoms with E-state index >= 15 is 0 Å². The Kier molecular flexibility index (Phi) is 5.14. The minimum absolute atomic E-state index is 0.652. The molecule has 0 amide bonds. The van der Waals surface area contributed by atoms with Gasteiger partial charge in [0, 0.05) is 29.4 Å². The Bertz CT molecular complexity index is 505. The van der Waals surface area contributed by atoms with Crippen LogP contribution < -0.4 is 5.73 Å². The standard InChI is InChI=1S/C16H22N2S/c1-13-15(10-16(11-17)19-13)12-18(2)9-8-14-6-4-3-5-7-14/h3-7,10H,8-9,11-12,17H2,1-2H3. The molecule has 0 saturated carbocycles. The predicted octanol–water partition coefficient (Wildman–Crippen LogP) is 3.19. The zero-order valence-electron chi connectivity index (χ0n) is 11.7. The van der Waals surface area contributed by atoms with Gasteiger partial charge in [-0.05, 0) is 37.6 Å².